The topological polar surface area (TPSA) is 71.4 Å². The number of aryl methyl sites for hydroxylation is 1. The second kappa shape index (κ2) is 4.93. The lowest BCUT2D eigenvalue weighted by atomic mass is 10.3. The molecule has 96 valence electrons. The Labute approximate surface area is 110 Å². The summed E-state index contributed by atoms with van der Waals surface area (Å²) < 4.78 is 1.95. The number of rotatable bonds is 4. The second-order valence-corrected chi connectivity index (χ2v) is 4.15. The van der Waals surface area contributed by atoms with Crippen LogP contribution in [0.3, 0.4) is 0 Å². The van der Waals surface area contributed by atoms with E-state index in [4.69, 9.17) is 0 Å². The Morgan fingerprint density at radius 2 is 2.26 bits per heavy atom. The van der Waals surface area contributed by atoms with E-state index in [1.165, 1.54) is 0 Å². The molecular formula is C13H14N6. The van der Waals surface area contributed by atoms with Crippen molar-refractivity contribution in [2.75, 3.05) is 5.32 Å². The first-order valence-corrected chi connectivity index (χ1v) is 6.01. The molecule has 0 amide bonds. The molecule has 3 heterocycles. The third kappa shape index (κ3) is 2.33. The predicted molar refractivity (Wildman–Crippen MR) is 72.0 cm³/mol. The van der Waals surface area contributed by atoms with Crippen molar-refractivity contribution >= 4 is 5.69 Å². The summed E-state index contributed by atoms with van der Waals surface area (Å²) in [5.41, 5.74) is 1.98. The van der Waals surface area contributed by atoms with Crippen LogP contribution in [0, 0.1) is 6.92 Å². The second-order valence-electron chi connectivity index (χ2n) is 4.15. The first-order valence-electron chi connectivity index (χ1n) is 6.01. The van der Waals surface area contributed by atoms with E-state index in [0.29, 0.717) is 6.54 Å². The fraction of sp³-hybridized carbons (Fsp3) is 0.154. The molecule has 6 nitrogen and oxygen atoms in total. The highest BCUT2D eigenvalue weighted by molar-refractivity contribution is 5.57. The van der Waals surface area contributed by atoms with Crippen molar-refractivity contribution in [3.05, 3.63) is 54.8 Å². The third-order valence-electron chi connectivity index (χ3n) is 2.86. The molecule has 3 aromatic rings. The maximum Gasteiger partial charge on any atom is 0.161 e. The van der Waals surface area contributed by atoms with Crippen LogP contribution in [0.2, 0.25) is 0 Å². The zero-order valence-corrected chi connectivity index (χ0v) is 10.5. The normalized spacial score (nSPS) is 10.6. The Morgan fingerprint density at radius 3 is 3.00 bits per heavy atom. The molecule has 19 heavy (non-hydrogen) atoms. The van der Waals surface area contributed by atoms with Gasteiger partial charge in [-0.1, -0.05) is 0 Å². The Kier molecular flexibility index (Phi) is 2.97. The van der Waals surface area contributed by atoms with Gasteiger partial charge in [-0.3, -0.25) is 4.57 Å². The maximum absolute atomic E-state index is 4.42. The number of hydrogen-bond acceptors (Lipinski definition) is 4. The van der Waals surface area contributed by atoms with Crippen LogP contribution in [-0.2, 0) is 6.54 Å². The van der Waals surface area contributed by atoms with Crippen molar-refractivity contribution < 1.29 is 0 Å². The van der Waals surface area contributed by atoms with Gasteiger partial charge in [-0.25, -0.2) is 15.0 Å². The summed E-state index contributed by atoms with van der Waals surface area (Å²) >= 11 is 0. The molecule has 0 unspecified atom stereocenters. The quantitative estimate of drug-likeness (QED) is 0.746. The van der Waals surface area contributed by atoms with Crippen molar-refractivity contribution in [2.24, 2.45) is 0 Å². The summed E-state index contributed by atoms with van der Waals surface area (Å²) in [6, 6.07) is 3.91. The molecule has 0 atom stereocenters. The number of nitrogens with zero attached hydrogens (tertiary/aromatic N) is 4. The number of hydrogen-bond donors (Lipinski definition) is 2. The minimum atomic E-state index is 0.673. The van der Waals surface area contributed by atoms with Crippen LogP contribution >= 0.6 is 0 Å². The van der Waals surface area contributed by atoms with Gasteiger partial charge in [0.1, 0.15) is 5.82 Å². The lowest BCUT2D eigenvalue weighted by Gasteiger charge is -2.11. The number of aromatic nitrogens is 5. The molecule has 3 rings (SSSR count). The molecule has 0 aliphatic carbocycles. The minimum Gasteiger partial charge on any atom is -0.376 e. The maximum atomic E-state index is 4.42. The van der Waals surface area contributed by atoms with E-state index >= 15 is 0 Å². The number of anilines is 1. The standard InChI is InChI=1S/C13H14N6/c1-10-15-5-6-19(10)13-12(3-2-4-16-13)17-8-11-7-14-9-18-11/h2-7,9,17H,8H2,1H3,(H,14,18). The summed E-state index contributed by atoms with van der Waals surface area (Å²) in [5, 5.41) is 3.35. The molecule has 0 fully saturated rings. The molecular weight excluding hydrogens is 240 g/mol. The molecule has 6 heteroatoms. The van der Waals surface area contributed by atoms with Gasteiger partial charge in [0, 0.05) is 24.8 Å². The zero-order chi connectivity index (χ0) is 13.1. The van der Waals surface area contributed by atoms with Crippen molar-refractivity contribution in [2.45, 2.75) is 13.5 Å². The molecule has 0 aliphatic rings. The zero-order valence-electron chi connectivity index (χ0n) is 10.5. The van der Waals surface area contributed by atoms with Gasteiger partial charge in [0.25, 0.3) is 0 Å². The fourth-order valence-corrected chi connectivity index (χ4v) is 1.90. The van der Waals surface area contributed by atoms with Crippen LogP contribution in [0.4, 0.5) is 5.69 Å². The van der Waals surface area contributed by atoms with E-state index in [1.54, 1.807) is 24.9 Å². The molecule has 0 aliphatic heterocycles. The van der Waals surface area contributed by atoms with Crippen LogP contribution in [0.25, 0.3) is 5.82 Å². The highest BCUT2D eigenvalue weighted by atomic mass is 15.1. The van der Waals surface area contributed by atoms with E-state index in [-0.39, 0.29) is 0 Å². The lowest BCUT2D eigenvalue weighted by molar-refractivity contribution is 0.927. The van der Waals surface area contributed by atoms with Crippen LogP contribution in [-0.4, -0.2) is 24.5 Å². The largest absolute Gasteiger partial charge is 0.376 e. The minimum absolute atomic E-state index is 0.673. The monoisotopic (exact) mass is 254 g/mol. The highest BCUT2D eigenvalue weighted by Gasteiger charge is 2.07. The smallest absolute Gasteiger partial charge is 0.161 e. The number of imidazole rings is 2. The van der Waals surface area contributed by atoms with E-state index in [0.717, 1.165) is 23.0 Å². The molecule has 0 radical (unpaired) electrons. The van der Waals surface area contributed by atoms with Crippen LogP contribution in [0.5, 0.6) is 0 Å². The molecule has 0 spiro atoms. The van der Waals surface area contributed by atoms with Gasteiger partial charge in [-0.15, -0.1) is 0 Å². The van der Waals surface area contributed by atoms with Gasteiger partial charge < -0.3 is 10.3 Å². The number of nitrogens with one attached hydrogen (secondary N) is 2. The highest BCUT2D eigenvalue weighted by Crippen LogP contribution is 2.18. The summed E-state index contributed by atoms with van der Waals surface area (Å²) in [6.45, 7) is 2.62. The Bertz CT molecular complexity index is 655. The molecule has 3 aromatic heterocycles. The van der Waals surface area contributed by atoms with Crippen LogP contribution < -0.4 is 5.32 Å². The van der Waals surface area contributed by atoms with Crippen molar-refractivity contribution in [3.63, 3.8) is 0 Å². The average Bonchev–Trinajstić information content (AvgIpc) is 3.08. The molecule has 0 saturated carbocycles. The molecule has 2 N–H and O–H groups in total. The van der Waals surface area contributed by atoms with Crippen LogP contribution in [0.15, 0.2) is 43.2 Å². The number of H-pyrrole nitrogens is 1. The van der Waals surface area contributed by atoms with Gasteiger partial charge >= 0.3 is 0 Å². The van der Waals surface area contributed by atoms with E-state index < -0.39 is 0 Å². The summed E-state index contributed by atoms with van der Waals surface area (Å²) in [6.07, 6.45) is 8.91. The predicted octanol–water partition coefficient (Wildman–Crippen LogP) is 1.91. The van der Waals surface area contributed by atoms with Crippen molar-refractivity contribution in [1.29, 1.82) is 0 Å². The van der Waals surface area contributed by atoms with E-state index in [9.17, 15) is 0 Å². The number of aromatic amines is 1. The van der Waals surface area contributed by atoms with Gasteiger partial charge in [0.2, 0.25) is 0 Å². The molecule has 0 aromatic carbocycles. The first kappa shape index (κ1) is 11.5. The molecule has 0 saturated heterocycles. The molecule has 0 bridgehead atoms. The van der Waals surface area contributed by atoms with E-state index in [2.05, 4.69) is 25.3 Å². The summed E-state index contributed by atoms with van der Waals surface area (Å²) in [7, 11) is 0. The van der Waals surface area contributed by atoms with E-state index in [1.807, 2.05) is 29.8 Å². The van der Waals surface area contributed by atoms with Gasteiger partial charge in [0.05, 0.1) is 24.3 Å². The Balaban J connectivity index is 1.88. The van der Waals surface area contributed by atoms with Gasteiger partial charge in [-0.2, -0.15) is 0 Å². The Morgan fingerprint density at radius 1 is 1.32 bits per heavy atom. The summed E-state index contributed by atoms with van der Waals surface area (Å²) in [4.78, 5) is 15.7. The van der Waals surface area contributed by atoms with Crippen molar-refractivity contribution in [3.8, 4) is 5.82 Å². The SMILES string of the molecule is Cc1nccn1-c1ncccc1NCc1cnc[nH]1. The lowest BCUT2D eigenvalue weighted by Crippen LogP contribution is -2.07. The van der Waals surface area contributed by atoms with Crippen molar-refractivity contribution in [1.82, 2.24) is 24.5 Å². The third-order valence-corrected chi connectivity index (χ3v) is 2.86. The summed E-state index contributed by atoms with van der Waals surface area (Å²) in [5.74, 6) is 1.75. The Hall–Kier alpha value is -2.63. The average molecular weight is 254 g/mol. The van der Waals surface area contributed by atoms with Gasteiger partial charge in [-0.05, 0) is 19.1 Å². The first-order chi connectivity index (χ1) is 9.34. The van der Waals surface area contributed by atoms with Gasteiger partial charge in [0.15, 0.2) is 5.82 Å². The fourth-order valence-electron chi connectivity index (χ4n) is 1.90. The van der Waals surface area contributed by atoms with Crippen LogP contribution in [0.1, 0.15) is 11.5 Å². The number of pyridine rings is 1.